The van der Waals surface area contributed by atoms with E-state index in [2.05, 4.69) is 11.8 Å². The minimum atomic E-state index is -4.36. The van der Waals surface area contributed by atoms with Gasteiger partial charge in [0, 0.05) is 23.3 Å². The fraction of sp³-hybridized carbons (Fsp3) is 0.229. The molecule has 2 heterocycles. The zero-order valence-electron chi connectivity index (χ0n) is 25.4. The molecule has 3 aromatic rings. The number of nitrogens with zero attached hydrogens (tertiary/aromatic N) is 3. The van der Waals surface area contributed by atoms with E-state index in [1.807, 2.05) is 80.6 Å². The Hall–Kier alpha value is -4.38. The molecule has 5 rings (SSSR count). The molecule has 0 radical (unpaired) electrons. The lowest BCUT2D eigenvalue weighted by molar-refractivity contribution is -0.134. The molecule has 0 unspecified atom stereocenters. The molecule has 2 aliphatic rings. The Morgan fingerprint density at radius 1 is 0.800 bits per heavy atom. The quantitative estimate of drug-likeness (QED) is 0.129. The molecule has 45 heavy (non-hydrogen) atoms. The van der Waals surface area contributed by atoms with Crippen LogP contribution in [0.4, 0.5) is 5.69 Å². The average molecular weight is 642 g/mol. The van der Waals surface area contributed by atoms with E-state index >= 15 is 0 Å². The van der Waals surface area contributed by atoms with Crippen molar-refractivity contribution in [3.63, 3.8) is 0 Å². The summed E-state index contributed by atoms with van der Waals surface area (Å²) in [6, 6.07) is 23.6. The number of thiocarbonyl (C=S) groups is 1. The van der Waals surface area contributed by atoms with E-state index in [1.54, 1.807) is 18.2 Å². The first kappa shape index (κ1) is 32.0. The predicted molar refractivity (Wildman–Crippen MR) is 179 cm³/mol. The van der Waals surface area contributed by atoms with Gasteiger partial charge in [0.2, 0.25) is 0 Å². The number of carbonyl (C=O) groups excluding carboxylic acids is 2. The third kappa shape index (κ3) is 6.54. The molecule has 0 bridgehead atoms. The topological polar surface area (TPSA) is 98.2 Å². The van der Waals surface area contributed by atoms with E-state index in [4.69, 9.17) is 12.2 Å². The summed E-state index contributed by atoms with van der Waals surface area (Å²) in [5.74, 6) is -0.927. The number of fused-ring (bicyclic) bond motifs is 1. The van der Waals surface area contributed by atoms with Gasteiger partial charge in [-0.3, -0.25) is 23.9 Å². The van der Waals surface area contributed by atoms with Gasteiger partial charge in [0.15, 0.2) is 5.11 Å². The Morgan fingerprint density at radius 3 is 1.84 bits per heavy atom. The van der Waals surface area contributed by atoms with Crippen LogP contribution in [0.15, 0.2) is 119 Å². The van der Waals surface area contributed by atoms with Crippen molar-refractivity contribution in [1.29, 1.82) is 0 Å². The maximum atomic E-state index is 13.7. The van der Waals surface area contributed by atoms with Crippen LogP contribution in [0.2, 0.25) is 0 Å². The standard InChI is InChI=1S/C35H35N3O5S2/c1-4-21-36-30-20-19-27(45(41,42)43)22-29(30)35(2,3)31(36)18-12-11-17-28-32(39)37(23-25-13-7-5-8-14-25)34(44)38(33(28)40)24-26-15-9-6-10-16-26/h5-20,22H,4,21,23-24H2,1-3H3,(H,41,42,43)/b12-11+,31-18+. The van der Waals surface area contributed by atoms with Gasteiger partial charge < -0.3 is 4.90 Å². The molecule has 0 aromatic heterocycles. The zero-order chi connectivity index (χ0) is 32.4. The Labute approximate surface area is 269 Å². The molecule has 232 valence electrons. The number of hydrogen-bond donors (Lipinski definition) is 1. The van der Waals surface area contributed by atoms with Gasteiger partial charge in [-0.2, -0.15) is 8.42 Å². The summed E-state index contributed by atoms with van der Waals surface area (Å²) in [6.45, 7) is 7.19. The maximum absolute atomic E-state index is 13.7. The molecule has 0 atom stereocenters. The van der Waals surface area contributed by atoms with Crippen LogP contribution in [0.25, 0.3) is 0 Å². The predicted octanol–water partition coefficient (Wildman–Crippen LogP) is 6.16. The molecular formula is C35H35N3O5S2. The molecule has 10 heteroatoms. The van der Waals surface area contributed by atoms with Gasteiger partial charge in [-0.05, 0) is 65.7 Å². The summed E-state index contributed by atoms with van der Waals surface area (Å²) < 4.78 is 33.4. The second-order valence-corrected chi connectivity index (χ2v) is 13.3. The van der Waals surface area contributed by atoms with Crippen molar-refractivity contribution in [2.45, 2.75) is 50.6 Å². The first-order valence-corrected chi connectivity index (χ1v) is 16.5. The lowest BCUT2D eigenvalue weighted by Crippen LogP contribution is -2.55. The van der Waals surface area contributed by atoms with Crippen LogP contribution in [0, 0.1) is 0 Å². The van der Waals surface area contributed by atoms with Crippen molar-refractivity contribution in [1.82, 2.24) is 9.80 Å². The van der Waals surface area contributed by atoms with E-state index in [0.717, 1.165) is 34.5 Å². The van der Waals surface area contributed by atoms with Gasteiger partial charge in [0.1, 0.15) is 5.57 Å². The summed E-state index contributed by atoms with van der Waals surface area (Å²) in [6.07, 6.45) is 7.72. The Kier molecular flexibility index (Phi) is 9.20. The third-order valence-electron chi connectivity index (χ3n) is 8.02. The largest absolute Gasteiger partial charge is 0.344 e. The second kappa shape index (κ2) is 12.9. The molecule has 8 nitrogen and oxygen atoms in total. The highest BCUT2D eigenvalue weighted by atomic mass is 32.2. The number of hydrogen-bond acceptors (Lipinski definition) is 6. The SMILES string of the molecule is CCCN1/C(=C/C=C/C=C2C(=O)N(Cc3ccccc3)C(=S)N(Cc3ccccc3)C2=O)C(C)(C)c2cc(S(=O)(=O)O)ccc21. The van der Waals surface area contributed by atoms with Gasteiger partial charge in [-0.1, -0.05) is 93.6 Å². The molecule has 0 spiro atoms. The Balaban J connectivity index is 1.48. The molecule has 1 fully saturated rings. The first-order chi connectivity index (χ1) is 21.4. The normalized spacial score (nSPS) is 17.5. The van der Waals surface area contributed by atoms with Crippen LogP contribution in [0.3, 0.4) is 0 Å². The monoisotopic (exact) mass is 641 g/mol. The molecule has 3 aromatic carbocycles. The molecule has 1 saturated heterocycles. The number of carbonyl (C=O) groups is 2. The lowest BCUT2D eigenvalue weighted by Gasteiger charge is -2.36. The van der Waals surface area contributed by atoms with Crippen LogP contribution in [0.1, 0.15) is 43.9 Å². The van der Waals surface area contributed by atoms with E-state index in [9.17, 15) is 22.6 Å². The molecule has 2 amide bonds. The van der Waals surface area contributed by atoms with Gasteiger partial charge >= 0.3 is 0 Å². The number of allylic oxidation sites excluding steroid dienone is 5. The summed E-state index contributed by atoms with van der Waals surface area (Å²) in [5, 5.41) is 0.158. The highest BCUT2D eigenvalue weighted by Crippen LogP contribution is 2.48. The lowest BCUT2D eigenvalue weighted by atomic mass is 9.83. The number of benzene rings is 3. The van der Waals surface area contributed by atoms with Crippen LogP contribution >= 0.6 is 12.2 Å². The van der Waals surface area contributed by atoms with E-state index in [0.29, 0.717) is 6.54 Å². The van der Waals surface area contributed by atoms with Crippen LogP contribution < -0.4 is 4.90 Å². The highest BCUT2D eigenvalue weighted by Gasteiger charge is 2.41. The van der Waals surface area contributed by atoms with Crippen molar-refractivity contribution in [3.05, 3.63) is 131 Å². The summed E-state index contributed by atoms with van der Waals surface area (Å²) in [7, 11) is -4.36. The van der Waals surface area contributed by atoms with Crippen molar-refractivity contribution >= 4 is 45.0 Å². The van der Waals surface area contributed by atoms with Crippen molar-refractivity contribution < 1.29 is 22.6 Å². The third-order valence-corrected chi connectivity index (χ3v) is 9.31. The van der Waals surface area contributed by atoms with Crippen LogP contribution in [-0.4, -0.2) is 46.2 Å². The summed E-state index contributed by atoms with van der Waals surface area (Å²) in [5.41, 5.74) is 3.76. The van der Waals surface area contributed by atoms with Gasteiger partial charge in [-0.15, -0.1) is 0 Å². The minimum absolute atomic E-state index is 0.00212. The number of anilines is 1. The Morgan fingerprint density at radius 2 is 1.33 bits per heavy atom. The smallest absolute Gasteiger partial charge is 0.294 e. The number of amides is 2. The van der Waals surface area contributed by atoms with Crippen LogP contribution in [-0.2, 0) is 38.2 Å². The van der Waals surface area contributed by atoms with E-state index < -0.39 is 27.3 Å². The fourth-order valence-corrected chi connectivity index (χ4v) is 6.53. The molecule has 0 aliphatic carbocycles. The second-order valence-electron chi connectivity index (χ2n) is 11.5. The average Bonchev–Trinajstić information content (AvgIpc) is 3.22. The van der Waals surface area contributed by atoms with Crippen molar-refractivity contribution in [3.8, 4) is 0 Å². The summed E-state index contributed by atoms with van der Waals surface area (Å²) in [4.78, 5) is 32.3. The first-order valence-electron chi connectivity index (χ1n) is 14.7. The Bertz CT molecular complexity index is 1770. The van der Waals surface area contributed by atoms with Gasteiger partial charge in [0.25, 0.3) is 21.9 Å². The van der Waals surface area contributed by atoms with Gasteiger partial charge in [0.05, 0.1) is 18.0 Å². The van der Waals surface area contributed by atoms with E-state index in [-0.39, 0.29) is 28.7 Å². The van der Waals surface area contributed by atoms with Crippen LogP contribution in [0.5, 0.6) is 0 Å². The highest BCUT2D eigenvalue weighted by molar-refractivity contribution is 7.85. The fourth-order valence-electron chi connectivity index (χ4n) is 5.73. The van der Waals surface area contributed by atoms with Crippen molar-refractivity contribution in [2.75, 3.05) is 11.4 Å². The molecular weight excluding hydrogens is 607 g/mol. The molecule has 0 saturated carbocycles. The molecule has 2 aliphatic heterocycles. The minimum Gasteiger partial charge on any atom is -0.344 e. The molecule has 1 N–H and O–H groups in total. The van der Waals surface area contributed by atoms with Gasteiger partial charge in [-0.25, -0.2) is 0 Å². The van der Waals surface area contributed by atoms with E-state index in [1.165, 1.54) is 28.0 Å². The maximum Gasteiger partial charge on any atom is 0.294 e. The number of rotatable bonds is 9. The van der Waals surface area contributed by atoms with Crippen molar-refractivity contribution in [2.24, 2.45) is 0 Å². The zero-order valence-corrected chi connectivity index (χ0v) is 27.0. The summed E-state index contributed by atoms with van der Waals surface area (Å²) >= 11 is 5.69.